The van der Waals surface area contributed by atoms with E-state index in [-0.39, 0.29) is 34.5 Å². The lowest BCUT2D eigenvalue weighted by molar-refractivity contribution is -0.148. The Hall–Kier alpha value is -4.17. The molecule has 0 radical (unpaired) electrons. The van der Waals surface area contributed by atoms with Crippen molar-refractivity contribution in [2.24, 2.45) is 5.92 Å². The van der Waals surface area contributed by atoms with Crippen LogP contribution in [0.4, 0.5) is 27.6 Å². The summed E-state index contributed by atoms with van der Waals surface area (Å²) in [4.78, 5) is 43.1. The van der Waals surface area contributed by atoms with Gasteiger partial charge in [0, 0.05) is 37.0 Å². The fraction of sp³-hybridized carbons (Fsp3) is 0.417. The fourth-order valence-electron chi connectivity index (χ4n) is 5.81. The highest BCUT2D eigenvalue weighted by molar-refractivity contribution is 6.44. The first-order valence-electron chi connectivity index (χ1n) is 12.0. The van der Waals surface area contributed by atoms with Gasteiger partial charge in [0.15, 0.2) is 5.82 Å². The van der Waals surface area contributed by atoms with Gasteiger partial charge in [0.25, 0.3) is 29.9 Å². The Labute approximate surface area is 216 Å². The summed E-state index contributed by atoms with van der Waals surface area (Å²) in [5.41, 5.74) is -2.68. The molecule has 0 saturated heterocycles. The van der Waals surface area contributed by atoms with E-state index in [1.165, 1.54) is 13.1 Å². The number of halogens is 5. The number of aromatic nitrogens is 5. The second-order valence-electron chi connectivity index (χ2n) is 10.2. The quantitative estimate of drug-likeness (QED) is 0.235. The highest BCUT2D eigenvalue weighted by atomic mass is 19.3. The average Bonchev–Trinajstić information content (AvgIpc) is 3.18. The molecular formula is C24H20F5N7O3. The number of H-pyrrole nitrogens is 1. The number of alkyl halides is 4. The number of rotatable bonds is 7. The number of ketones is 1. The van der Waals surface area contributed by atoms with Crippen LogP contribution in [0.25, 0.3) is 0 Å². The van der Waals surface area contributed by atoms with Gasteiger partial charge in [-0.15, -0.1) is 5.10 Å². The summed E-state index contributed by atoms with van der Waals surface area (Å²) >= 11 is 0. The van der Waals surface area contributed by atoms with Crippen molar-refractivity contribution >= 4 is 23.3 Å². The van der Waals surface area contributed by atoms with Crippen LogP contribution in [0.15, 0.2) is 18.5 Å². The molecule has 1 aliphatic heterocycles. The third kappa shape index (κ3) is 3.89. The molecule has 0 bridgehead atoms. The molecular weight excluding hydrogens is 529 g/mol. The van der Waals surface area contributed by atoms with Crippen molar-refractivity contribution in [3.8, 4) is 0 Å². The molecule has 15 heteroatoms. The Bertz CT molecular complexity index is 1530. The minimum Gasteiger partial charge on any atom is -0.337 e. The van der Waals surface area contributed by atoms with Crippen molar-refractivity contribution in [1.29, 1.82) is 0 Å². The van der Waals surface area contributed by atoms with E-state index < -0.39 is 65.5 Å². The maximum Gasteiger partial charge on any atom is 0.293 e. The lowest BCUT2D eigenvalue weighted by atomic mass is 9.71. The SMILES string of the molecule is Cc1c(C(=O)C(=O)NC2(c3c[nH]nn3)CC(F)(F)C2)c2n(c1C(=O)Nc1ccnc(C(F)F)c1F)[C@@H]1CC1C2. The van der Waals surface area contributed by atoms with Crippen LogP contribution in [0.2, 0.25) is 0 Å². The summed E-state index contributed by atoms with van der Waals surface area (Å²) in [5.74, 6) is -7.35. The van der Waals surface area contributed by atoms with Crippen LogP contribution in [-0.2, 0) is 16.8 Å². The van der Waals surface area contributed by atoms with Crippen LogP contribution < -0.4 is 10.6 Å². The number of pyridine rings is 1. The van der Waals surface area contributed by atoms with E-state index in [0.717, 1.165) is 18.7 Å². The van der Waals surface area contributed by atoms with Gasteiger partial charge in [-0.1, -0.05) is 5.21 Å². The lowest BCUT2D eigenvalue weighted by Gasteiger charge is -2.46. The van der Waals surface area contributed by atoms with E-state index in [0.29, 0.717) is 12.1 Å². The molecule has 204 valence electrons. The molecule has 2 aliphatic carbocycles. The number of carbonyl (C=O) groups excluding carboxylic acids is 3. The zero-order valence-electron chi connectivity index (χ0n) is 20.2. The monoisotopic (exact) mass is 549 g/mol. The normalized spacial score (nSPS) is 21.6. The molecule has 3 aromatic heterocycles. The van der Waals surface area contributed by atoms with Gasteiger partial charge in [-0.25, -0.2) is 22.0 Å². The Kier molecular flexibility index (Phi) is 5.42. The minimum atomic E-state index is -3.20. The van der Waals surface area contributed by atoms with Crippen LogP contribution in [-0.4, -0.2) is 48.5 Å². The molecule has 2 atom stereocenters. The number of nitrogens with zero attached hydrogens (tertiary/aromatic N) is 4. The van der Waals surface area contributed by atoms with Gasteiger partial charge >= 0.3 is 0 Å². The van der Waals surface area contributed by atoms with Crippen LogP contribution in [0.5, 0.6) is 0 Å². The molecule has 3 N–H and O–H groups in total. The molecule has 0 spiro atoms. The first-order valence-corrected chi connectivity index (χ1v) is 12.0. The molecule has 6 rings (SSSR count). The van der Waals surface area contributed by atoms with Gasteiger partial charge in [-0.2, -0.15) is 0 Å². The topological polar surface area (TPSA) is 135 Å². The number of hydrogen-bond donors (Lipinski definition) is 3. The predicted octanol–water partition coefficient (Wildman–Crippen LogP) is 3.38. The highest BCUT2D eigenvalue weighted by Crippen LogP contribution is 2.55. The van der Waals surface area contributed by atoms with E-state index in [4.69, 9.17) is 0 Å². The van der Waals surface area contributed by atoms with Gasteiger partial charge < -0.3 is 15.2 Å². The predicted molar refractivity (Wildman–Crippen MR) is 122 cm³/mol. The van der Waals surface area contributed by atoms with Crippen molar-refractivity contribution in [2.45, 2.75) is 56.5 Å². The zero-order chi connectivity index (χ0) is 27.9. The largest absolute Gasteiger partial charge is 0.337 e. The highest BCUT2D eigenvalue weighted by Gasteiger charge is 2.60. The number of aromatic amines is 1. The van der Waals surface area contributed by atoms with Crippen LogP contribution in [0, 0.1) is 18.7 Å². The molecule has 39 heavy (non-hydrogen) atoms. The number of carbonyl (C=O) groups is 3. The summed E-state index contributed by atoms with van der Waals surface area (Å²) < 4.78 is 70.0. The average molecular weight is 549 g/mol. The number of amides is 2. The molecule has 3 aliphatic rings. The Balaban J connectivity index is 1.32. The van der Waals surface area contributed by atoms with E-state index >= 15 is 0 Å². The van der Waals surface area contributed by atoms with Crippen molar-refractivity contribution in [1.82, 2.24) is 30.3 Å². The molecule has 2 amide bonds. The Morgan fingerprint density at radius 3 is 2.62 bits per heavy atom. The van der Waals surface area contributed by atoms with Gasteiger partial charge in [-0.3, -0.25) is 24.5 Å². The van der Waals surface area contributed by atoms with Gasteiger partial charge in [-0.05, 0) is 37.3 Å². The summed E-state index contributed by atoms with van der Waals surface area (Å²) in [7, 11) is 0. The summed E-state index contributed by atoms with van der Waals surface area (Å²) in [6.45, 7) is 1.44. The number of fused-ring (bicyclic) bond motifs is 3. The second kappa shape index (κ2) is 8.41. The molecule has 10 nitrogen and oxygen atoms in total. The van der Waals surface area contributed by atoms with Crippen LogP contribution in [0.1, 0.15) is 75.2 Å². The van der Waals surface area contributed by atoms with Crippen molar-refractivity contribution in [3.05, 3.63) is 58.2 Å². The van der Waals surface area contributed by atoms with E-state index in [1.54, 1.807) is 4.57 Å². The van der Waals surface area contributed by atoms with Gasteiger partial charge in [0.05, 0.1) is 16.8 Å². The third-order valence-electron chi connectivity index (χ3n) is 7.62. The van der Waals surface area contributed by atoms with E-state index in [2.05, 4.69) is 31.0 Å². The molecule has 2 saturated carbocycles. The van der Waals surface area contributed by atoms with Crippen molar-refractivity contribution in [3.63, 3.8) is 0 Å². The van der Waals surface area contributed by atoms with E-state index in [9.17, 15) is 36.3 Å². The minimum absolute atomic E-state index is 0.0117. The summed E-state index contributed by atoms with van der Waals surface area (Å²) in [5, 5.41) is 14.3. The van der Waals surface area contributed by atoms with Crippen molar-refractivity contribution < 1.29 is 36.3 Å². The fourth-order valence-corrected chi connectivity index (χ4v) is 5.81. The molecule has 3 aromatic rings. The maximum atomic E-state index is 14.5. The van der Waals surface area contributed by atoms with E-state index in [1.807, 2.05) is 0 Å². The lowest BCUT2D eigenvalue weighted by Crippen LogP contribution is -2.61. The standard InChI is InChI=1S/C24H20F5N7O3/c1-9-15(19(37)22(39)33-23(7-24(28,29)8-23)14-6-31-35-34-14)13-5-10-4-12(10)36(13)18(9)21(38)32-11-2-3-30-17(16(11)25)20(26)27/h2-3,6,10,12,20H,4-5,7-8H2,1H3,(H,33,39)(H,30,32,38)(H,31,34,35)/t10?,12-/m1/s1. The molecule has 0 aromatic carbocycles. The second-order valence-corrected chi connectivity index (χ2v) is 10.2. The van der Waals surface area contributed by atoms with Gasteiger partial charge in [0.1, 0.15) is 17.1 Å². The van der Waals surface area contributed by atoms with Crippen LogP contribution in [0.3, 0.4) is 0 Å². The summed E-state index contributed by atoms with van der Waals surface area (Å²) in [6, 6.07) is 0.911. The maximum absolute atomic E-state index is 14.5. The first-order chi connectivity index (χ1) is 18.4. The number of nitrogens with one attached hydrogen (secondary N) is 3. The Morgan fingerprint density at radius 2 is 1.97 bits per heavy atom. The summed E-state index contributed by atoms with van der Waals surface area (Å²) in [6.07, 6.45) is -1.42. The third-order valence-corrected chi connectivity index (χ3v) is 7.62. The first kappa shape index (κ1) is 25.1. The van der Waals surface area contributed by atoms with Gasteiger partial charge in [0.2, 0.25) is 0 Å². The number of anilines is 1. The molecule has 1 unspecified atom stereocenters. The number of hydrogen-bond acceptors (Lipinski definition) is 6. The molecule has 4 heterocycles. The number of Topliss-reactive ketones (excluding diaryl/α,β-unsaturated/α-hetero) is 1. The zero-order valence-corrected chi connectivity index (χ0v) is 20.2. The smallest absolute Gasteiger partial charge is 0.293 e. The Morgan fingerprint density at radius 1 is 1.23 bits per heavy atom. The molecule has 2 fully saturated rings. The van der Waals surface area contributed by atoms with Crippen molar-refractivity contribution in [2.75, 3.05) is 5.32 Å². The van der Waals surface area contributed by atoms with Crippen LogP contribution >= 0.6 is 0 Å².